The molecule has 0 unspecified atom stereocenters. The molecule has 0 saturated heterocycles. The van der Waals surface area contributed by atoms with Crippen molar-refractivity contribution in [2.24, 2.45) is 0 Å². The minimum Gasteiger partial charge on any atom is -0.374 e. The van der Waals surface area contributed by atoms with Gasteiger partial charge in [-0.15, -0.1) is 11.3 Å². The number of nitrogens with one attached hydrogen (secondary N) is 1. The van der Waals surface area contributed by atoms with Crippen LogP contribution >= 0.6 is 22.7 Å². The highest BCUT2D eigenvalue weighted by Gasteiger charge is 2.09. The van der Waals surface area contributed by atoms with Crippen molar-refractivity contribution in [2.45, 2.75) is 25.9 Å². The number of hydrogen-bond acceptors (Lipinski definition) is 5. The highest BCUT2D eigenvalue weighted by Crippen LogP contribution is 2.25. The Kier molecular flexibility index (Phi) is 6.94. The molecule has 4 nitrogen and oxygen atoms in total. The topological polar surface area (TPSA) is 51.2 Å². The van der Waals surface area contributed by atoms with Gasteiger partial charge in [0, 0.05) is 29.5 Å². The highest BCUT2D eigenvalue weighted by atomic mass is 32.1. The third-order valence-electron chi connectivity index (χ3n) is 3.94. The number of rotatable bonds is 9. The van der Waals surface area contributed by atoms with Crippen molar-refractivity contribution < 1.29 is 9.53 Å². The quantitative estimate of drug-likeness (QED) is 0.543. The molecule has 1 amide bonds. The molecule has 0 radical (unpaired) electrons. The van der Waals surface area contributed by atoms with Gasteiger partial charge in [0.15, 0.2) is 0 Å². The van der Waals surface area contributed by atoms with Gasteiger partial charge < -0.3 is 10.1 Å². The molecule has 0 fully saturated rings. The Labute approximate surface area is 161 Å². The summed E-state index contributed by atoms with van der Waals surface area (Å²) in [4.78, 5) is 16.6. The molecule has 1 atom stereocenters. The van der Waals surface area contributed by atoms with Gasteiger partial charge in [-0.05, 0) is 30.4 Å². The normalized spacial score (nSPS) is 12.0. The highest BCUT2D eigenvalue weighted by molar-refractivity contribution is 7.14. The fraction of sp³-hybridized carbons (Fsp3) is 0.300. The Bertz CT molecular complexity index is 800. The predicted molar refractivity (Wildman–Crippen MR) is 108 cm³/mol. The zero-order valence-corrected chi connectivity index (χ0v) is 16.3. The van der Waals surface area contributed by atoms with Crippen LogP contribution in [0.4, 0.5) is 0 Å². The molecule has 26 heavy (non-hydrogen) atoms. The van der Waals surface area contributed by atoms with E-state index in [2.05, 4.69) is 27.8 Å². The first-order chi connectivity index (χ1) is 12.7. The van der Waals surface area contributed by atoms with E-state index in [1.165, 1.54) is 5.56 Å². The summed E-state index contributed by atoms with van der Waals surface area (Å²) >= 11 is 3.23. The summed E-state index contributed by atoms with van der Waals surface area (Å²) in [6.07, 6.45) is 1.18. The minimum absolute atomic E-state index is 0.00303. The van der Waals surface area contributed by atoms with Crippen molar-refractivity contribution in [3.05, 3.63) is 63.8 Å². The number of carbonyl (C=O) groups is 1. The number of benzene rings is 1. The second kappa shape index (κ2) is 9.62. The first-order valence-electron chi connectivity index (χ1n) is 8.62. The van der Waals surface area contributed by atoms with Crippen molar-refractivity contribution in [3.63, 3.8) is 0 Å². The van der Waals surface area contributed by atoms with E-state index in [1.54, 1.807) is 22.7 Å². The maximum Gasteiger partial charge on any atom is 0.226 e. The molecule has 0 spiro atoms. The van der Waals surface area contributed by atoms with Gasteiger partial charge in [0.25, 0.3) is 0 Å². The summed E-state index contributed by atoms with van der Waals surface area (Å²) in [7, 11) is 0. The molecule has 0 saturated carbocycles. The summed E-state index contributed by atoms with van der Waals surface area (Å²) in [5.41, 5.74) is 3.11. The van der Waals surface area contributed by atoms with E-state index < -0.39 is 0 Å². The van der Waals surface area contributed by atoms with Crippen LogP contribution in [0.15, 0.2) is 52.5 Å². The summed E-state index contributed by atoms with van der Waals surface area (Å²) in [6.45, 7) is 3.28. The molecule has 1 aromatic carbocycles. The SMILES string of the molecule is C[C@@H](OCCCNC(=O)Cc1csc(-c2ccsc2)n1)c1ccccc1. The molecule has 0 aliphatic rings. The van der Waals surface area contributed by atoms with Crippen LogP contribution < -0.4 is 5.32 Å². The lowest BCUT2D eigenvalue weighted by Gasteiger charge is -2.13. The van der Waals surface area contributed by atoms with Crippen LogP contribution in [-0.4, -0.2) is 24.0 Å². The molecular formula is C20H22N2O2S2. The second-order valence-electron chi connectivity index (χ2n) is 5.96. The Hall–Kier alpha value is -2.02. The smallest absolute Gasteiger partial charge is 0.226 e. The number of nitrogens with zero attached hydrogens (tertiary/aromatic N) is 1. The van der Waals surface area contributed by atoms with E-state index in [-0.39, 0.29) is 12.0 Å². The lowest BCUT2D eigenvalue weighted by molar-refractivity contribution is -0.120. The minimum atomic E-state index is 0.00303. The van der Waals surface area contributed by atoms with Gasteiger partial charge in [-0.25, -0.2) is 4.98 Å². The van der Waals surface area contributed by atoms with Crippen LogP contribution in [0.2, 0.25) is 0 Å². The summed E-state index contributed by atoms with van der Waals surface area (Å²) in [6, 6.07) is 12.2. The van der Waals surface area contributed by atoms with E-state index in [4.69, 9.17) is 4.74 Å². The van der Waals surface area contributed by atoms with Crippen molar-refractivity contribution in [3.8, 4) is 10.6 Å². The molecule has 0 bridgehead atoms. The maximum absolute atomic E-state index is 12.0. The van der Waals surface area contributed by atoms with Crippen molar-refractivity contribution in [2.75, 3.05) is 13.2 Å². The van der Waals surface area contributed by atoms with Gasteiger partial charge in [-0.3, -0.25) is 4.79 Å². The second-order valence-corrected chi connectivity index (χ2v) is 7.60. The van der Waals surface area contributed by atoms with E-state index in [9.17, 15) is 4.79 Å². The fourth-order valence-corrected chi connectivity index (χ4v) is 4.05. The first kappa shape index (κ1) is 18.8. The molecule has 6 heteroatoms. The zero-order valence-electron chi connectivity index (χ0n) is 14.7. The van der Waals surface area contributed by atoms with Gasteiger partial charge in [0.2, 0.25) is 5.91 Å². The third kappa shape index (κ3) is 5.49. The number of ether oxygens (including phenoxy) is 1. The van der Waals surface area contributed by atoms with Gasteiger partial charge in [0.1, 0.15) is 5.01 Å². The Balaban J connectivity index is 1.33. The Morgan fingerprint density at radius 2 is 2.08 bits per heavy atom. The van der Waals surface area contributed by atoms with E-state index in [0.717, 1.165) is 22.7 Å². The maximum atomic E-state index is 12.0. The molecule has 2 aromatic heterocycles. The van der Waals surface area contributed by atoms with E-state index in [0.29, 0.717) is 19.6 Å². The van der Waals surface area contributed by atoms with E-state index >= 15 is 0 Å². The Morgan fingerprint density at radius 1 is 1.23 bits per heavy atom. The number of amides is 1. The van der Waals surface area contributed by atoms with Gasteiger partial charge in [-0.1, -0.05) is 30.3 Å². The molecular weight excluding hydrogens is 364 g/mol. The first-order valence-corrected chi connectivity index (χ1v) is 10.4. The van der Waals surface area contributed by atoms with Crippen LogP contribution in [0.3, 0.4) is 0 Å². The van der Waals surface area contributed by atoms with Crippen molar-refractivity contribution in [1.82, 2.24) is 10.3 Å². The molecule has 3 rings (SSSR count). The third-order valence-corrected chi connectivity index (χ3v) is 5.57. The molecule has 1 N–H and O–H groups in total. The predicted octanol–water partition coefficient (Wildman–Crippen LogP) is 4.70. The lowest BCUT2D eigenvalue weighted by Crippen LogP contribution is -2.27. The van der Waals surface area contributed by atoms with Gasteiger partial charge >= 0.3 is 0 Å². The fourth-order valence-electron chi connectivity index (χ4n) is 2.51. The monoisotopic (exact) mass is 386 g/mol. The number of hydrogen-bond donors (Lipinski definition) is 1. The molecule has 2 heterocycles. The lowest BCUT2D eigenvalue weighted by atomic mass is 10.1. The summed E-state index contributed by atoms with van der Waals surface area (Å²) < 4.78 is 5.81. The van der Waals surface area contributed by atoms with Crippen LogP contribution in [-0.2, 0) is 16.0 Å². The van der Waals surface area contributed by atoms with Crippen LogP contribution in [0.25, 0.3) is 10.6 Å². The van der Waals surface area contributed by atoms with Crippen LogP contribution in [0, 0.1) is 0 Å². The molecule has 3 aromatic rings. The molecule has 136 valence electrons. The standard InChI is InChI=1S/C20H22N2O2S2/c1-15(16-6-3-2-4-7-16)24-10-5-9-21-19(23)12-18-14-26-20(22-18)17-8-11-25-13-17/h2-4,6-8,11,13-15H,5,9-10,12H2,1H3,(H,21,23)/t15-/m1/s1. The summed E-state index contributed by atoms with van der Waals surface area (Å²) in [5.74, 6) is 0.00303. The number of thiophene rings is 1. The zero-order chi connectivity index (χ0) is 18.2. The van der Waals surface area contributed by atoms with E-state index in [1.807, 2.05) is 41.9 Å². The molecule has 0 aliphatic heterocycles. The average molecular weight is 387 g/mol. The van der Waals surface area contributed by atoms with Crippen LogP contribution in [0.1, 0.15) is 30.7 Å². The molecule has 0 aliphatic carbocycles. The Morgan fingerprint density at radius 3 is 2.85 bits per heavy atom. The largest absolute Gasteiger partial charge is 0.374 e. The number of aromatic nitrogens is 1. The summed E-state index contributed by atoms with van der Waals surface area (Å²) in [5, 5.41) is 9.96. The van der Waals surface area contributed by atoms with Crippen molar-refractivity contribution >= 4 is 28.6 Å². The van der Waals surface area contributed by atoms with Crippen molar-refractivity contribution in [1.29, 1.82) is 0 Å². The number of thiazole rings is 1. The average Bonchev–Trinajstić information content (AvgIpc) is 3.33. The van der Waals surface area contributed by atoms with Gasteiger partial charge in [0.05, 0.1) is 18.2 Å². The number of carbonyl (C=O) groups excluding carboxylic acids is 1. The van der Waals surface area contributed by atoms with Gasteiger partial charge in [-0.2, -0.15) is 11.3 Å². The van der Waals surface area contributed by atoms with Crippen LogP contribution in [0.5, 0.6) is 0 Å².